The van der Waals surface area contributed by atoms with Gasteiger partial charge in [-0.15, -0.1) is 0 Å². The summed E-state index contributed by atoms with van der Waals surface area (Å²) in [6.07, 6.45) is 4.89. The zero-order valence-electron chi connectivity index (χ0n) is 19.0. The molecule has 0 N–H and O–H groups in total. The highest BCUT2D eigenvalue weighted by Crippen LogP contribution is 2.51. The lowest BCUT2D eigenvalue weighted by Crippen LogP contribution is -2.45. The number of hydrogen-bond acceptors (Lipinski definition) is 3. The fraction of sp³-hybridized carbons (Fsp3) is 0.357. The van der Waals surface area contributed by atoms with Crippen LogP contribution in [-0.2, 0) is 14.3 Å². The number of unbranched alkanes of at least 4 members (excludes halogenated alkanes) is 1. The maximum atomic E-state index is 13.7. The number of hydrogen-bond donors (Lipinski definition) is 0. The van der Waals surface area contributed by atoms with Gasteiger partial charge in [0.15, 0.2) is 5.78 Å². The minimum absolute atomic E-state index is 0.139. The molecule has 0 fully saturated rings. The van der Waals surface area contributed by atoms with Crippen molar-refractivity contribution in [3.05, 3.63) is 88.5 Å². The first-order valence-electron chi connectivity index (χ1n) is 11.2. The summed E-state index contributed by atoms with van der Waals surface area (Å²) in [7, 11) is 0. The molecule has 31 heavy (non-hydrogen) atoms. The van der Waals surface area contributed by atoms with Crippen molar-refractivity contribution in [1.29, 1.82) is 0 Å². The number of allylic oxidation sites excluding steroid dienone is 2. The number of carbonyl (C=O) groups is 2. The van der Waals surface area contributed by atoms with E-state index in [1.54, 1.807) is 13.8 Å². The molecule has 2 aromatic carbocycles. The van der Waals surface area contributed by atoms with Gasteiger partial charge >= 0.3 is 5.97 Å². The van der Waals surface area contributed by atoms with Crippen molar-refractivity contribution in [3.63, 3.8) is 0 Å². The number of ketones is 1. The molecule has 3 rings (SSSR count). The lowest BCUT2D eigenvalue weighted by atomic mass is 9.61. The Bertz CT molecular complexity index is 985. The number of ether oxygens (including phenoxy) is 1. The van der Waals surface area contributed by atoms with E-state index in [2.05, 4.69) is 19.1 Å². The van der Waals surface area contributed by atoms with Gasteiger partial charge < -0.3 is 4.74 Å². The van der Waals surface area contributed by atoms with Gasteiger partial charge in [0.2, 0.25) is 0 Å². The average molecular weight is 417 g/mol. The molecule has 2 aromatic rings. The molecule has 1 aliphatic rings. The van der Waals surface area contributed by atoms with Crippen LogP contribution in [0, 0.1) is 5.41 Å². The van der Waals surface area contributed by atoms with Gasteiger partial charge in [-0.25, -0.2) is 0 Å². The molecule has 3 nitrogen and oxygen atoms in total. The Morgan fingerprint density at radius 1 is 1.03 bits per heavy atom. The summed E-state index contributed by atoms with van der Waals surface area (Å²) in [6, 6.07) is 20.1. The monoisotopic (exact) mass is 416 g/mol. The van der Waals surface area contributed by atoms with Crippen LogP contribution in [0.5, 0.6) is 0 Å². The van der Waals surface area contributed by atoms with Gasteiger partial charge in [0, 0.05) is 5.92 Å². The molecule has 0 saturated carbocycles. The second-order valence-electron chi connectivity index (χ2n) is 8.28. The van der Waals surface area contributed by atoms with Crippen LogP contribution in [0.15, 0.2) is 77.4 Å². The van der Waals surface area contributed by atoms with Crippen LogP contribution in [0.25, 0.3) is 6.08 Å². The fourth-order valence-electron chi connectivity index (χ4n) is 4.51. The lowest BCUT2D eigenvalue weighted by molar-refractivity contribution is -0.155. The van der Waals surface area contributed by atoms with Gasteiger partial charge in [0.1, 0.15) is 5.41 Å². The molecule has 3 heteroatoms. The molecule has 0 spiro atoms. The van der Waals surface area contributed by atoms with Crippen LogP contribution < -0.4 is 0 Å². The summed E-state index contributed by atoms with van der Waals surface area (Å²) in [5, 5.41) is 0. The Hall–Kier alpha value is -2.94. The van der Waals surface area contributed by atoms with E-state index in [0.29, 0.717) is 5.57 Å². The van der Waals surface area contributed by atoms with Crippen molar-refractivity contribution in [2.45, 2.75) is 52.9 Å². The zero-order chi connectivity index (χ0) is 22.4. The first-order chi connectivity index (χ1) is 14.9. The normalized spacial score (nSPS) is 22.6. The Balaban J connectivity index is 2.32. The van der Waals surface area contributed by atoms with E-state index in [1.807, 2.05) is 61.5 Å². The van der Waals surface area contributed by atoms with Gasteiger partial charge in [0.05, 0.1) is 6.61 Å². The van der Waals surface area contributed by atoms with Gasteiger partial charge in [-0.3, -0.25) is 9.59 Å². The number of carbonyl (C=O) groups excluding carboxylic acids is 2. The average Bonchev–Trinajstić information content (AvgIpc) is 2.80. The molecule has 0 heterocycles. The van der Waals surface area contributed by atoms with Crippen LogP contribution in [0.4, 0.5) is 0 Å². The minimum atomic E-state index is -1.36. The number of esters is 1. The summed E-state index contributed by atoms with van der Waals surface area (Å²) >= 11 is 0. The van der Waals surface area contributed by atoms with Crippen LogP contribution in [-0.4, -0.2) is 18.4 Å². The maximum Gasteiger partial charge on any atom is 0.323 e. The predicted molar refractivity (Wildman–Crippen MR) is 126 cm³/mol. The highest BCUT2D eigenvalue weighted by atomic mass is 16.5. The largest absolute Gasteiger partial charge is 0.465 e. The highest BCUT2D eigenvalue weighted by Gasteiger charge is 2.53. The molecule has 0 saturated heterocycles. The summed E-state index contributed by atoms with van der Waals surface area (Å²) in [5.41, 5.74) is 3.32. The van der Waals surface area contributed by atoms with Crippen molar-refractivity contribution in [1.82, 2.24) is 0 Å². The van der Waals surface area contributed by atoms with E-state index >= 15 is 0 Å². The molecule has 0 unspecified atom stereocenters. The molecule has 162 valence electrons. The quantitative estimate of drug-likeness (QED) is 0.381. The predicted octanol–water partition coefficient (Wildman–Crippen LogP) is 6.51. The van der Waals surface area contributed by atoms with E-state index in [4.69, 9.17) is 4.74 Å². The van der Waals surface area contributed by atoms with Crippen molar-refractivity contribution < 1.29 is 14.3 Å². The Labute approximate surface area is 185 Å². The molecule has 0 aliphatic heterocycles. The fourth-order valence-corrected chi connectivity index (χ4v) is 4.51. The van der Waals surface area contributed by atoms with Gasteiger partial charge in [-0.05, 0) is 55.9 Å². The highest BCUT2D eigenvalue weighted by molar-refractivity contribution is 6.17. The van der Waals surface area contributed by atoms with Gasteiger partial charge in [0.25, 0.3) is 0 Å². The molecule has 0 radical (unpaired) electrons. The standard InChI is InChI=1S/C28H32O3/c1-5-7-18-23-20(3)26(29)28(4,27(30)31-6-2)24(19-21-14-10-8-11-15-21)25(23)22-16-12-9-13-17-22/h8-17,19,25H,5-7,18H2,1-4H3/b24-19-/t25-,28+/m0/s1. The van der Waals surface area contributed by atoms with Crippen molar-refractivity contribution in [2.24, 2.45) is 5.41 Å². The Morgan fingerprint density at radius 2 is 1.65 bits per heavy atom. The molecule has 0 amide bonds. The SMILES string of the molecule is CCCCC1=C(C)C(=O)[C@](C)(C(=O)OCC)/C(=C\c2ccccc2)[C@H]1c1ccccc1. The Kier molecular flexibility index (Phi) is 7.27. The van der Waals surface area contributed by atoms with Gasteiger partial charge in [-0.1, -0.05) is 85.7 Å². The van der Waals surface area contributed by atoms with E-state index in [0.717, 1.165) is 41.5 Å². The van der Waals surface area contributed by atoms with Crippen molar-refractivity contribution in [3.8, 4) is 0 Å². The van der Waals surface area contributed by atoms with Crippen LogP contribution in [0.3, 0.4) is 0 Å². The first-order valence-corrected chi connectivity index (χ1v) is 11.2. The molecular formula is C28H32O3. The first kappa shape index (κ1) is 22.7. The lowest BCUT2D eigenvalue weighted by Gasteiger charge is -2.40. The summed E-state index contributed by atoms with van der Waals surface area (Å²) in [6.45, 7) is 7.78. The molecule has 2 atom stereocenters. The second-order valence-corrected chi connectivity index (χ2v) is 8.28. The van der Waals surface area contributed by atoms with Crippen molar-refractivity contribution in [2.75, 3.05) is 6.61 Å². The molecule has 1 aliphatic carbocycles. The number of rotatable bonds is 7. The smallest absolute Gasteiger partial charge is 0.323 e. The van der Waals surface area contributed by atoms with Crippen LogP contribution in [0.2, 0.25) is 0 Å². The summed E-state index contributed by atoms with van der Waals surface area (Å²) in [4.78, 5) is 27.0. The van der Waals surface area contributed by atoms with E-state index < -0.39 is 11.4 Å². The third kappa shape index (κ3) is 4.41. The molecular weight excluding hydrogens is 384 g/mol. The van der Waals surface area contributed by atoms with E-state index in [1.165, 1.54) is 0 Å². The molecule has 0 bridgehead atoms. The van der Waals surface area contributed by atoms with Crippen LogP contribution in [0.1, 0.15) is 64.0 Å². The zero-order valence-corrected chi connectivity index (χ0v) is 19.0. The number of benzene rings is 2. The van der Waals surface area contributed by atoms with E-state index in [-0.39, 0.29) is 18.3 Å². The minimum Gasteiger partial charge on any atom is -0.465 e. The van der Waals surface area contributed by atoms with Crippen molar-refractivity contribution >= 4 is 17.8 Å². The summed E-state index contributed by atoms with van der Waals surface area (Å²) < 4.78 is 5.45. The van der Waals surface area contributed by atoms with Crippen LogP contribution >= 0.6 is 0 Å². The third-order valence-electron chi connectivity index (χ3n) is 6.25. The Morgan fingerprint density at radius 3 is 2.23 bits per heavy atom. The molecule has 0 aromatic heterocycles. The number of Topliss-reactive ketones (excluding diaryl/α,β-unsaturated/α-hetero) is 1. The topological polar surface area (TPSA) is 43.4 Å². The summed E-state index contributed by atoms with van der Waals surface area (Å²) in [5.74, 6) is -0.761. The maximum absolute atomic E-state index is 13.7. The van der Waals surface area contributed by atoms with E-state index in [9.17, 15) is 9.59 Å². The third-order valence-corrected chi connectivity index (χ3v) is 6.25. The second kappa shape index (κ2) is 9.91. The van der Waals surface area contributed by atoms with Gasteiger partial charge in [-0.2, -0.15) is 0 Å².